The van der Waals surface area contributed by atoms with Crippen LogP contribution < -0.4 is 19.5 Å². The Balaban J connectivity index is 1.07. The van der Waals surface area contributed by atoms with Crippen molar-refractivity contribution in [1.29, 1.82) is 0 Å². The number of carbonyl (C=O) groups excluding carboxylic acids is 2. The third-order valence-corrected chi connectivity index (χ3v) is 11.7. The molecule has 1 saturated carbocycles. The minimum absolute atomic E-state index is 0.104. The molecule has 4 aliphatic rings. The van der Waals surface area contributed by atoms with Gasteiger partial charge >= 0.3 is 11.9 Å². The lowest BCUT2D eigenvalue weighted by atomic mass is 9.86. The highest BCUT2D eigenvalue weighted by Crippen LogP contribution is 2.38. The zero-order valence-corrected chi connectivity index (χ0v) is 31.1. The third-order valence-electron chi connectivity index (χ3n) is 10.0. The summed E-state index contributed by atoms with van der Waals surface area (Å²) >= 11 is 14.2. The fraction of sp³-hybridized carbons (Fsp3) is 0.410. The van der Waals surface area contributed by atoms with Crippen molar-refractivity contribution in [2.75, 3.05) is 33.4 Å². The van der Waals surface area contributed by atoms with Gasteiger partial charge in [0.05, 0.1) is 13.7 Å². The maximum atomic E-state index is 13.8. The first kappa shape index (κ1) is 36.5. The first-order valence-corrected chi connectivity index (χ1v) is 19.2. The molecule has 274 valence electrons. The number of thiophene rings is 1. The number of esters is 2. The van der Waals surface area contributed by atoms with E-state index in [4.69, 9.17) is 42.1 Å². The van der Waals surface area contributed by atoms with Gasteiger partial charge in [0.25, 0.3) is 0 Å². The van der Waals surface area contributed by atoms with Gasteiger partial charge in [0.1, 0.15) is 33.2 Å². The van der Waals surface area contributed by atoms with Gasteiger partial charge in [-0.25, -0.2) is 9.59 Å². The summed E-state index contributed by atoms with van der Waals surface area (Å²) in [6.07, 6.45) is 5.97. The molecule has 0 amide bonds. The lowest BCUT2D eigenvalue weighted by Gasteiger charge is -2.44. The van der Waals surface area contributed by atoms with Crippen LogP contribution >= 0.6 is 34.5 Å². The van der Waals surface area contributed by atoms with E-state index >= 15 is 0 Å². The minimum Gasteiger partial charge on any atom is -0.619 e. The second kappa shape index (κ2) is 16.4. The average molecular weight is 767 g/mol. The number of methoxy groups -OCH3 is 1. The average Bonchev–Trinajstić information content (AvgIpc) is 3.86. The zero-order chi connectivity index (χ0) is 36.2. The van der Waals surface area contributed by atoms with Crippen LogP contribution in [0.2, 0.25) is 10.0 Å². The summed E-state index contributed by atoms with van der Waals surface area (Å²) in [7, 11) is 1.57. The molecular formula is C39H41Cl2N3O7S. The molecular weight excluding hydrogens is 725 g/mol. The van der Waals surface area contributed by atoms with Crippen LogP contribution in [0.3, 0.4) is 0 Å². The van der Waals surface area contributed by atoms with Crippen LogP contribution in [0.1, 0.15) is 69.1 Å². The van der Waals surface area contributed by atoms with Crippen molar-refractivity contribution in [2.45, 2.75) is 56.9 Å². The normalized spacial score (nSPS) is 20.6. The van der Waals surface area contributed by atoms with Gasteiger partial charge in [0, 0.05) is 30.0 Å². The van der Waals surface area contributed by atoms with Crippen LogP contribution in [0.25, 0.3) is 0 Å². The second-order valence-electron chi connectivity index (χ2n) is 13.7. The Labute approximate surface area is 317 Å². The van der Waals surface area contributed by atoms with Crippen molar-refractivity contribution in [3.63, 3.8) is 0 Å². The van der Waals surface area contributed by atoms with Gasteiger partial charge in [0.2, 0.25) is 0 Å². The van der Waals surface area contributed by atoms with Gasteiger partial charge in [-0.1, -0.05) is 59.6 Å². The first-order valence-electron chi connectivity index (χ1n) is 17.6. The van der Waals surface area contributed by atoms with Gasteiger partial charge in [-0.05, 0) is 86.0 Å². The van der Waals surface area contributed by atoms with E-state index in [-0.39, 0.29) is 28.5 Å². The summed E-state index contributed by atoms with van der Waals surface area (Å²) in [5, 5.41) is 15.7. The number of benzene rings is 2. The molecule has 2 aromatic carbocycles. The molecule has 52 heavy (non-hydrogen) atoms. The maximum Gasteiger partial charge on any atom is 0.348 e. The molecule has 13 heteroatoms. The van der Waals surface area contributed by atoms with Crippen LogP contribution in [0.5, 0.6) is 11.5 Å². The molecule has 0 radical (unpaired) electrons. The van der Waals surface area contributed by atoms with E-state index in [0.717, 1.165) is 55.8 Å². The van der Waals surface area contributed by atoms with Gasteiger partial charge in [-0.2, -0.15) is 4.73 Å². The molecule has 4 aromatic rings. The van der Waals surface area contributed by atoms with Gasteiger partial charge in [0.15, 0.2) is 23.9 Å². The number of ether oxygens (including phenoxy) is 4. The number of pyridine rings is 1. The molecule has 3 saturated heterocycles. The van der Waals surface area contributed by atoms with Gasteiger partial charge in [-0.15, -0.1) is 11.3 Å². The number of fused-ring (bicyclic) bond motifs is 3. The Bertz CT molecular complexity index is 1860. The van der Waals surface area contributed by atoms with E-state index < -0.39 is 18.1 Å². The van der Waals surface area contributed by atoms with Crippen LogP contribution in [0, 0.1) is 17.0 Å². The summed E-state index contributed by atoms with van der Waals surface area (Å²) < 4.78 is 24.5. The molecule has 2 bridgehead atoms. The molecule has 2 aromatic heterocycles. The number of piperidine rings is 3. The van der Waals surface area contributed by atoms with Gasteiger partial charge < -0.3 is 24.2 Å². The van der Waals surface area contributed by atoms with Crippen LogP contribution in [0.4, 0.5) is 0 Å². The van der Waals surface area contributed by atoms with E-state index in [9.17, 15) is 14.8 Å². The topological polar surface area (TPSA) is 113 Å². The van der Waals surface area contributed by atoms with Crippen LogP contribution in [-0.2, 0) is 27.2 Å². The highest BCUT2D eigenvalue weighted by Gasteiger charge is 2.38. The Morgan fingerprint density at radius 3 is 2.40 bits per heavy atom. The van der Waals surface area contributed by atoms with Gasteiger partial charge in [-0.3, -0.25) is 10.2 Å². The fourth-order valence-electron chi connectivity index (χ4n) is 6.85. The Hall–Kier alpha value is -3.87. The second-order valence-corrected chi connectivity index (χ2v) is 15.6. The number of nitrogens with zero attached hydrogens (tertiary/aromatic N) is 2. The molecule has 2 unspecified atom stereocenters. The molecule has 0 spiro atoms. The summed E-state index contributed by atoms with van der Waals surface area (Å²) in [5.74, 6) is 1.18. The lowest BCUT2D eigenvalue weighted by Crippen LogP contribution is -2.52. The van der Waals surface area contributed by atoms with E-state index in [0.29, 0.717) is 57.2 Å². The molecule has 10 nitrogen and oxygen atoms in total. The fourth-order valence-corrected chi connectivity index (χ4v) is 8.29. The number of hydrogen-bond acceptors (Lipinski definition) is 10. The van der Waals surface area contributed by atoms with Crippen molar-refractivity contribution in [3.05, 3.63) is 115 Å². The van der Waals surface area contributed by atoms with E-state index in [1.165, 1.54) is 23.7 Å². The molecule has 3 aliphatic heterocycles. The molecule has 1 N–H and O–H groups in total. The van der Waals surface area contributed by atoms with Crippen LogP contribution in [-0.4, -0.2) is 56.3 Å². The molecule has 3 atom stereocenters. The Morgan fingerprint density at radius 2 is 1.73 bits per heavy atom. The molecule has 4 fully saturated rings. The monoisotopic (exact) mass is 765 g/mol. The Morgan fingerprint density at radius 1 is 0.981 bits per heavy atom. The summed E-state index contributed by atoms with van der Waals surface area (Å²) in [6.45, 7) is 3.81. The first-order chi connectivity index (χ1) is 25.2. The predicted octanol–water partition coefficient (Wildman–Crippen LogP) is 7.09. The number of halogens is 2. The molecule has 5 heterocycles. The lowest BCUT2D eigenvalue weighted by molar-refractivity contribution is -0.605. The number of aromatic nitrogens is 1. The summed E-state index contributed by atoms with van der Waals surface area (Å²) in [5.41, 5.74) is 1.93. The number of hydrogen-bond donors (Lipinski definition) is 1. The smallest absolute Gasteiger partial charge is 0.348 e. The number of carbonyl (C=O) groups is 2. The largest absolute Gasteiger partial charge is 0.619 e. The molecule has 8 rings (SSSR count). The predicted molar refractivity (Wildman–Crippen MR) is 198 cm³/mol. The SMILES string of the molecule is COc1ccc(C(Cc2c(Cl)c[n+]([O-])cc2Cl)OC(=O)c2ccc(CNC(C(=O)O[C@H]3CN4CCC3CC4)c3ccccc3)s2)cc1OCC1CC1. The molecule has 1 aliphatic carbocycles. The van der Waals surface area contributed by atoms with Crippen molar-refractivity contribution in [2.24, 2.45) is 11.8 Å². The van der Waals surface area contributed by atoms with E-state index in [2.05, 4.69) is 10.2 Å². The maximum absolute atomic E-state index is 13.8. The van der Waals surface area contributed by atoms with Crippen LogP contribution in [0.15, 0.2) is 73.1 Å². The van der Waals surface area contributed by atoms with Crippen molar-refractivity contribution >= 4 is 46.5 Å². The van der Waals surface area contributed by atoms with E-state index in [1.54, 1.807) is 25.3 Å². The summed E-state index contributed by atoms with van der Waals surface area (Å²) in [4.78, 5) is 30.9. The summed E-state index contributed by atoms with van der Waals surface area (Å²) in [6, 6.07) is 17.8. The number of rotatable bonds is 15. The standard InChI is InChI=1S/C39H41Cl2N3O7S/c1-48-32-11-9-27(17-34(32)49-23-24-7-8-24)33(18-29-30(40)20-44(47)21-31(29)41)50-38(45)36-12-10-28(52-36)19-42-37(26-5-3-2-4-6-26)39(46)51-35-22-43-15-13-25(35)14-16-43/h2-6,9-12,17,20-21,24-25,33,35,37,42H,7-8,13-16,18-19,22-23H2,1H3/t33?,35-,37?/m0/s1. The van der Waals surface area contributed by atoms with Crippen molar-refractivity contribution in [1.82, 2.24) is 10.2 Å². The highest BCUT2D eigenvalue weighted by atomic mass is 35.5. The third kappa shape index (κ3) is 8.83. The highest BCUT2D eigenvalue weighted by molar-refractivity contribution is 7.13. The van der Waals surface area contributed by atoms with Crippen molar-refractivity contribution < 1.29 is 33.3 Å². The number of nitrogens with one attached hydrogen (secondary N) is 1. The van der Waals surface area contributed by atoms with E-state index in [1.807, 2.05) is 42.5 Å². The van der Waals surface area contributed by atoms with Crippen molar-refractivity contribution in [3.8, 4) is 11.5 Å². The quantitative estimate of drug-likeness (QED) is 0.0770. The minimum atomic E-state index is -0.827. The Kier molecular flexibility index (Phi) is 11.5. The zero-order valence-electron chi connectivity index (χ0n) is 28.8.